The van der Waals surface area contributed by atoms with Gasteiger partial charge in [-0.1, -0.05) is 29.8 Å². The molecule has 1 N–H and O–H groups in total. The number of pyridine rings is 1. The number of thiocarbonyl (C=S) groups is 1. The number of carbonyl (C=O) groups is 1. The van der Waals surface area contributed by atoms with E-state index in [0.717, 1.165) is 28.3 Å². The van der Waals surface area contributed by atoms with Crippen LogP contribution in [0.5, 0.6) is 0 Å². The minimum absolute atomic E-state index is 0.135. The van der Waals surface area contributed by atoms with Gasteiger partial charge in [-0.25, -0.2) is 0 Å². The second kappa shape index (κ2) is 9.30. The van der Waals surface area contributed by atoms with Crippen molar-refractivity contribution in [2.24, 2.45) is 0 Å². The average molecular weight is 469 g/mol. The SMILES string of the molecule is COC(=O)CCN1C(=S)NC(c2ccccn2)C1c1cc(C)n(-c2ccccc2Cl)c1C. The van der Waals surface area contributed by atoms with Crippen LogP contribution < -0.4 is 5.32 Å². The quantitative estimate of drug-likeness (QED) is 0.418. The number of benzene rings is 1. The molecule has 1 fully saturated rings. The summed E-state index contributed by atoms with van der Waals surface area (Å²) in [5.74, 6) is -0.269. The highest BCUT2D eigenvalue weighted by atomic mass is 35.5. The molecule has 1 saturated heterocycles. The first-order valence-electron chi connectivity index (χ1n) is 10.4. The number of methoxy groups -OCH3 is 1. The van der Waals surface area contributed by atoms with Gasteiger partial charge in [-0.05, 0) is 62.0 Å². The molecule has 0 amide bonds. The fraction of sp³-hybridized carbons (Fsp3) is 0.292. The van der Waals surface area contributed by atoms with Crippen molar-refractivity contribution < 1.29 is 9.53 Å². The van der Waals surface area contributed by atoms with E-state index in [9.17, 15) is 4.79 Å². The third-order valence-corrected chi connectivity index (χ3v) is 6.54. The van der Waals surface area contributed by atoms with Crippen LogP contribution in [-0.2, 0) is 9.53 Å². The lowest BCUT2D eigenvalue weighted by Crippen LogP contribution is -2.32. The van der Waals surface area contributed by atoms with Crippen LogP contribution in [0.25, 0.3) is 5.69 Å². The molecule has 1 aromatic carbocycles. The Labute approximate surface area is 198 Å². The summed E-state index contributed by atoms with van der Waals surface area (Å²) in [5.41, 5.74) is 5.06. The summed E-state index contributed by atoms with van der Waals surface area (Å²) >= 11 is 12.2. The lowest BCUT2D eigenvalue weighted by atomic mass is 9.96. The summed E-state index contributed by atoms with van der Waals surface area (Å²) in [6, 6.07) is 15.5. The molecule has 4 rings (SSSR count). The molecule has 0 aliphatic carbocycles. The number of aryl methyl sites for hydroxylation is 1. The van der Waals surface area contributed by atoms with Crippen molar-refractivity contribution in [2.75, 3.05) is 13.7 Å². The highest BCUT2D eigenvalue weighted by molar-refractivity contribution is 7.80. The van der Waals surface area contributed by atoms with Crippen LogP contribution in [0.3, 0.4) is 0 Å². The summed E-state index contributed by atoms with van der Waals surface area (Å²) in [5, 5.41) is 4.70. The normalized spacial score (nSPS) is 18.0. The minimum Gasteiger partial charge on any atom is -0.469 e. The van der Waals surface area contributed by atoms with E-state index in [1.54, 1.807) is 6.20 Å². The maximum Gasteiger partial charge on any atom is 0.307 e. The number of carbonyl (C=O) groups excluding carboxylic acids is 1. The molecule has 2 unspecified atom stereocenters. The number of ether oxygens (including phenoxy) is 1. The lowest BCUT2D eigenvalue weighted by molar-refractivity contribution is -0.140. The first-order valence-corrected chi connectivity index (χ1v) is 11.2. The van der Waals surface area contributed by atoms with Gasteiger partial charge >= 0.3 is 5.97 Å². The van der Waals surface area contributed by atoms with Crippen molar-refractivity contribution in [1.82, 2.24) is 19.8 Å². The summed E-state index contributed by atoms with van der Waals surface area (Å²) in [6.07, 6.45) is 2.02. The lowest BCUT2D eigenvalue weighted by Gasteiger charge is -2.28. The Kier molecular flexibility index (Phi) is 6.48. The first-order chi connectivity index (χ1) is 15.4. The van der Waals surface area contributed by atoms with Gasteiger partial charge in [0.2, 0.25) is 0 Å². The highest BCUT2D eigenvalue weighted by Crippen LogP contribution is 2.41. The molecule has 3 heterocycles. The summed E-state index contributed by atoms with van der Waals surface area (Å²) < 4.78 is 7.01. The number of para-hydroxylation sites is 1. The molecular weight excluding hydrogens is 444 g/mol. The Morgan fingerprint density at radius 2 is 1.97 bits per heavy atom. The topological polar surface area (TPSA) is 59.4 Å². The van der Waals surface area contributed by atoms with Crippen molar-refractivity contribution in [3.63, 3.8) is 0 Å². The summed E-state index contributed by atoms with van der Waals surface area (Å²) in [4.78, 5) is 18.5. The Hall–Kier alpha value is -2.90. The number of esters is 1. The molecular formula is C24H25ClN4O2S. The van der Waals surface area contributed by atoms with Gasteiger partial charge in [0.1, 0.15) is 0 Å². The number of aromatic nitrogens is 2. The Balaban J connectivity index is 1.81. The third kappa shape index (κ3) is 4.10. The zero-order valence-corrected chi connectivity index (χ0v) is 19.8. The first kappa shape index (κ1) is 22.3. The Morgan fingerprint density at radius 1 is 1.22 bits per heavy atom. The third-order valence-electron chi connectivity index (χ3n) is 5.86. The maximum absolute atomic E-state index is 11.9. The number of nitrogens with one attached hydrogen (secondary N) is 1. The Bertz CT molecular complexity index is 1150. The summed E-state index contributed by atoms with van der Waals surface area (Å²) in [6.45, 7) is 4.60. The number of rotatable bonds is 6. The molecule has 2 aromatic heterocycles. The van der Waals surface area contributed by atoms with Crippen molar-refractivity contribution in [2.45, 2.75) is 32.4 Å². The minimum atomic E-state index is -0.269. The van der Waals surface area contributed by atoms with E-state index in [1.165, 1.54) is 7.11 Å². The molecule has 8 heteroatoms. The molecule has 1 aliphatic rings. The van der Waals surface area contributed by atoms with Gasteiger partial charge < -0.3 is 19.5 Å². The van der Waals surface area contributed by atoms with Crippen molar-refractivity contribution >= 4 is 34.9 Å². The van der Waals surface area contributed by atoms with Crippen molar-refractivity contribution in [1.29, 1.82) is 0 Å². The molecule has 2 atom stereocenters. The van der Waals surface area contributed by atoms with Crippen LogP contribution in [0.2, 0.25) is 5.02 Å². The monoisotopic (exact) mass is 468 g/mol. The molecule has 32 heavy (non-hydrogen) atoms. The van der Waals surface area contributed by atoms with E-state index in [0.29, 0.717) is 16.7 Å². The zero-order chi connectivity index (χ0) is 22.8. The van der Waals surface area contributed by atoms with Gasteiger partial charge in [0.15, 0.2) is 5.11 Å². The fourth-order valence-corrected chi connectivity index (χ4v) is 4.94. The van der Waals surface area contributed by atoms with Gasteiger partial charge in [-0.3, -0.25) is 9.78 Å². The number of halogens is 1. The van der Waals surface area contributed by atoms with Crippen LogP contribution in [0.15, 0.2) is 54.7 Å². The average Bonchev–Trinajstić information content (AvgIpc) is 3.28. The molecule has 1 aliphatic heterocycles. The molecule has 6 nitrogen and oxygen atoms in total. The van der Waals surface area contributed by atoms with Gasteiger partial charge in [0.05, 0.1) is 42.0 Å². The van der Waals surface area contributed by atoms with Crippen LogP contribution in [-0.4, -0.2) is 39.2 Å². The van der Waals surface area contributed by atoms with Gasteiger partial charge in [-0.2, -0.15) is 0 Å². The van der Waals surface area contributed by atoms with E-state index in [4.69, 9.17) is 28.6 Å². The molecule has 3 aromatic rings. The predicted molar refractivity (Wildman–Crippen MR) is 129 cm³/mol. The van der Waals surface area contributed by atoms with Gasteiger partial charge in [0.25, 0.3) is 0 Å². The molecule has 0 bridgehead atoms. The Morgan fingerprint density at radius 3 is 2.66 bits per heavy atom. The van der Waals surface area contributed by atoms with Crippen LogP contribution in [0.4, 0.5) is 0 Å². The van der Waals surface area contributed by atoms with Crippen LogP contribution in [0.1, 0.15) is 41.1 Å². The number of hydrogen-bond donors (Lipinski definition) is 1. The smallest absolute Gasteiger partial charge is 0.307 e. The van der Waals surface area contributed by atoms with E-state index in [-0.39, 0.29) is 24.5 Å². The zero-order valence-electron chi connectivity index (χ0n) is 18.2. The molecule has 166 valence electrons. The fourth-order valence-electron chi connectivity index (χ4n) is 4.39. The number of hydrogen-bond acceptors (Lipinski definition) is 4. The molecule has 0 spiro atoms. The van der Waals surface area contributed by atoms with E-state index < -0.39 is 0 Å². The second-order valence-electron chi connectivity index (χ2n) is 7.76. The van der Waals surface area contributed by atoms with Gasteiger partial charge in [0, 0.05) is 24.1 Å². The second-order valence-corrected chi connectivity index (χ2v) is 8.55. The highest BCUT2D eigenvalue weighted by Gasteiger charge is 2.41. The van der Waals surface area contributed by atoms with Gasteiger partial charge in [-0.15, -0.1) is 0 Å². The number of nitrogens with zero attached hydrogens (tertiary/aromatic N) is 3. The van der Waals surface area contributed by atoms with Crippen LogP contribution >= 0.6 is 23.8 Å². The van der Waals surface area contributed by atoms with E-state index in [2.05, 4.69) is 39.7 Å². The largest absolute Gasteiger partial charge is 0.469 e. The summed E-state index contributed by atoms with van der Waals surface area (Å²) in [7, 11) is 1.40. The molecule has 0 saturated carbocycles. The van der Waals surface area contributed by atoms with Crippen molar-refractivity contribution in [3.8, 4) is 5.69 Å². The van der Waals surface area contributed by atoms with Crippen molar-refractivity contribution in [3.05, 3.63) is 82.4 Å². The standard InChI is InChI=1S/C24H25ClN4O2S/c1-15-14-17(16(2)29(15)20-10-5-4-8-18(20)25)23-22(19-9-6-7-12-26-19)27-24(32)28(23)13-11-21(30)31-3/h4-10,12,14,22-23H,11,13H2,1-3H3,(H,27,32). The van der Waals surface area contributed by atoms with Crippen LogP contribution in [0, 0.1) is 13.8 Å². The predicted octanol–water partition coefficient (Wildman–Crippen LogP) is 4.68. The van der Waals surface area contributed by atoms with E-state index in [1.807, 2.05) is 42.5 Å². The van der Waals surface area contributed by atoms with E-state index >= 15 is 0 Å². The maximum atomic E-state index is 11.9. The molecule has 0 radical (unpaired) electrons.